The largest absolute Gasteiger partial charge is 0.466 e. The molecule has 29 heavy (non-hydrogen) atoms. The predicted molar refractivity (Wildman–Crippen MR) is 113 cm³/mol. The van der Waals surface area contributed by atoms with E-state index in [4.69, 9.17) is 9.84 Å². The first-order valence-corrected chi connectivity index (χ1v) is 12.2. The third kappa shape index (κ3) is 3.25. The van der Waals surface area contributed by atoms with Crippen LogP contribution in [0.1, 0.15) is 36.4 Å². The van der Waals surface area contributed by atoms with Gasteiger partial charge < -0.3 is 4.74 Å². The Hall–Kier alpha value is -1.97. The molecule has 1 fully saturated rings. The number of rotatable bonds is 2. The highest BCUT2D eigenvalue weighted by atomic mass is 79.9. The number of ether oxygens (including phenoxy) is 1. The molecule has 3 aliphatic rings. The molecule has 1 spiro atoms. The van der Waals surface area contributed by atoms with E-state index in [1.807, 2.05) is 24.3 Å². The maximum absolute atomic E-state index is 12.0. The number of halogens is 1. The zero-order valence-corrected chi connectivity index (χ0v) is 18.4. The lowest BCUT2D eigenvalue weighted by molar-refractivity contribution is -0.143. The zero-order chi connectivity index (χ0) is 20.2. The van der Waals surface area contributed by atoms with Crippen molar-refractivity contribution >= 4 is 31.7 Å². The lowest BCUT2D eigenvalue weighted by Crippen LogP contribution is -2.59. The molecule has 0 amide bonds. The van der Waals surface area contributed by atoms with Crippen molar-refractivity contribution in [2.24, 2.45) is 5.10 Å². The normalized spacial score (nSPS) is 23.3. The zero-order valence-electron chi connectivity index (χ0n) is 16.0. The molecule has 2 aromatic rings. The van der Waals surface area contributed by atoms with Crippen molar-refractivity contribution in [2.45, 2.75) is 31.0 Å². The van der Waals surface area contributed by atoms with Crippen LogP contribution in [0.15, 0.2) is 52.3 Å². The summed E-state index contributed by atoms with van der Waals surface area (Å²) in [5, 5.41) is 7.07. The van der Waals surface area contributed by atoms with E-state index in [1.165, 1.54) is 10.6 Å². The van der Waals surface area contributed by atoms with Crippen LogP contribution in [-0.2, 0) is 10.0 Å². The first-order valence-electron chi connectivity index (χ1n) is 9.57. The molecule has 0 aliphatic carbocycles. The highest BCUT2D eigenvalue weighted by Gasteiger charge is 2.52. The van der Waals surface area contributed by atoms with Gasteiger partial charge in [-0.05, 0) is 30.3 Å². The van der Waals surface area contributed by atoms with E-state index in [9.17, 15) is 8.42 Å². The average Bonchev–Trinajstić information content (AvgIpc) is 3.16. The van der Waals surface area contributed by atoms with E-state index < -0.39 is 15.7 Å². The topological polar surface area (TPSA) is 75.1 Å². The Morgan fingerprint density at radius 1 is 1.17 bits per heavy atom. The maximum atomic E-state index is 12.0. The fourth-order valence-electron chi connectivity index (χ4n) is 4.47. The molecule has 152 valence electrons. The lowest BCUT2D eigenvalue weighted by Gasteiger charge is -2.50. The number of hydrogen-bond acceptors (Lipinski definition) is 6. The van der Waals surface area contributed by atoms with Crippen LogP contribution < -0.4 is 4.74 Å². The Labute approximate surface area is 178 Å². The van der Waals surface area contributed by atoms with Crippen molar-refractivity contribution in [3.63, 3.8) is 0 Å². The van der Waals surface area contributed by atoms with Gasteiger partial charge in [-0.25, -0.2) is 17.7 Å². The van der Waals surface area contributed by atoms with Crippen LogP contribution in [0.2, 0.25) is 0 Å². The molecule has 5 rings (SSSR count). The summed E-state index contributed by atoms with van der Waals surface area (Å²) >= 11 is 3.57. The maximum Gasteiger partial charge on any atom is 0.211 e. The summed E-state index contributed by atoms with van der Waals surface area (Å²) in [6.07, 6.45) is 6.72. The second kappa shape index (κ2) is 6.78. The molecule has 1 aromatic carbocycles. The lowest BCUT2D eigenvalue weighted by atomic mass is 9.91. The minimum Gasteiger partial charge on any atom is -0.466 e. The van der Waals surface area contributed by atoms with Gasteiger partial charge in [0.1, 0.15) is 5.75 Å². The van der Waals surface area contributed by atoms with Crippen molar-refractivity contribution in [1.29, 1.82) is 0 Å². The fraction of sp³-hybridized carbons (Fsp3) is 0.400. The van der Waals surface area contributed by atoms with Crippen LogP contribution in [0.4, 0.5) is 0 Å². The van der Waals surface area contributed by atoms with Crippen LogP contribution in [0.3, 0.4) is 0 Å². The van der Waals surface area contributed by atoms with Crippen molar-refractivity contribution < 1.29 is 13.2 Å². The van der Waals surface area contributed by atoms with E-state index in [-0.39, 0.29) is 6.04 Å². The molecule has 1 unspecified atom stereocenters. The molecule has 1 aromatic heterocycles. The summed E-state index contributed by atoms with van der Waals surface area (Å²) < 4.78 is 33.0. The first kappa shape index (κ1) is 19.0. The molecular weight excluding hydrogens is 456 g/mol. The average molecular weight is 477 g/mol. The second-order valence-corrected chi connectivity index (χ2v) is 10.6. The Kier molecular flexibility index (Phi) is 4.45. The number of fused-ring (bicyclic) bond motifs is 4. The van der Waals surface area contributed by atoms with Crippen LogP contribution in [0, 0.1) is 0 Å². The molecule has 4 heterocycles. The van der Waals surface area contributed by atoms with Gasteiger partial charge in [0.05, 0.1) is 18.0 Å². The van der Waals surface area contributed by atoms with E-state index in [1.54, 1.807) is 12.4 Å². The number of hydrazone groups is 1. The van der Waals surface area contributed by atoms with Gasteiger partial charge >= 0.3 is 0 Å². The van der Waals surface area contributed by atoms with Gasteiger partial charge in [0.25, 0.3) is 0 Å². The van der Waals surface area contributed by atoms with Crippen LogP contribution in [0.5, 0.6) is 5.75 Å². The van der Waals surface area contributed by atoms with Gasteiger partial charge in [-0.15, -0.1) is 0 Å². The Bertz CT molecular complexity index is 1080. The van der Waals surface area contributed by atoms with Crippen LogP contribution in [-0.4, -0.2) is 53.5 Å². The smallest absolute Gasteiger partial charge is 0.211 e. The van der Waals surface area contributed by atoms with E-state index in [2.05, 4.69) is 32.0 Å². The number of nitrogens with zero attached hydrogens (tertiary/aromatic N) is 4. The molecule has 1 atom stereocenters. The highest BCUT2D eigenvalue weighted by molar-refractivity contribution is 9.10. The van der Waals surface area contributed by atoms with Crippen molar-refractivity contribution in [1.82, 2.24) is 14.3 Å². The number of pyridine rings is 1. The van der Waals surface area contributed by atoms with E-state index in [0.717, 1.165) is 33.5 Å². The number of piperidine rings is 1. The standard InChI is InChI=1S/C20H21BrN4O3S/c1-29(26,27)24-10-6-20(7-11-24)25-18(16-12-15(21)2-3-19(16)28-20)13-17(23-25)14-4-8-22-9-5-14/h2-5,8-9,12,18H,6-7,10-11,13H2,1H3. The van der Waals surface area contributed by atoms with Crippen molar-refractivity contribution in [2.75, 3.05) is 19.3 Å². The summed E-state index contributed by atoms with van der Waals surface area (Å²) in [7, 11) is -3.21. The van der Waals surface area contributed by atoms with Crippen LogP contribution in [0.25, 0.3) is 0 Å². The van der Waals surface area contributed by atoms with Gasteiger partial charge in [0, 0.05) is 60.3 Å². The molecular formula is C20H21BrN4O3S. The molecule has 0 bridgehead atoms. The Balaban J connectivity index is 1.55. The fourth-order valence-corrected chi connectivity index (χ4v) is 5.69. The number of aromatic nitrogens is 1. The predicted octanol–water partition coefficient (Wildman–Crippen LogP) is 3.14. The highest BCUT2D eigenvalue weighted by Crippen LogP contribution is 2.50. The van der Waals surface area contributed by atoms with Gasteiger partial charge in [-0.2, -0.15) is 5.10 Å². The summed E-state index contributed by atoms with van der Waals surface area (Å²) in [4.78, 5) is 4.11. The van der Waals surface area contributed by atoms with Crippen molar-refractivity contribution in [3.8, 4) is 5.75 Å². The molecule has 0 N–H and O–H groups in total. The molecule has 0 saturated carbocycles. The number of hydrogen-bond donors (Lipinski definition) is 0. The molecule has 0 radical (unpaired) electrons. The van der Waals surface area contributed by atoms with Crippen LogP contribution >= 0.6 is 15.9 Å². The SMILES string of the molecule is CS(=O)(=O)N1CCC2(CC1)Oc1ccc(Br)cc1C1CC(c3ccncc3)=NN12. The van der Waals surface area contributed by atoms with Gasteiger partial charge in [0.15, 0.2) is 0 Å². The third-order valence-corrected chi connectivity index (χ3v) is 7.74. The summed E-state index contributed by atoms with van der Waals surface area (Å²) in [5.74, 6) is 0.855. The molecule has 3 aliphatic heterocycles. The molecule has 1 saturated heterocycles. The first-order chi connectivity index (χ1) is 13.9. The van der Waals surface area contributed by atoms with Gasteiger partial charge in [-0.1, -0.05) is 15.9 Å². The second-order valence-electron chi connectivity index (χ2n) is 7.74. The van der Waals surface area contributed by atoms with Gasteiger partial charge in [0.2, 0.25) is 15.7 Å². The Morgan fingerprint density at radius 3 is 2.59 bits per heavy atom. The summed E-state index contributed by atoms with van der Waals surface area (Å²) in [6.45, 7) is 0.849. The van der Waals surface area contributed by atoms with Gasteiger partial charge in [-0.3, -0.25) is 4.98 Å². The molecule has 9 heteroatoms. The minimum absolute atomic E-state index is 0.0594. The monoisotopic (exact) mass is 476 g/mol. The molecule has 7 nitrogen and oxygen atoms in total. The quantitative estimate of drug-likeness (QED) is 0.665. The summed E-state index contributed by atoms with van der Waals surface area (Å²) in [5.41, 5.74) is 2.51. The van der Waals surface area contributed by atoms with Crippen molar-refractivity contribution in [3.05, 3.63) is 58.3 Å². The number of sulfonamides is 1. The van der Waals surface area contributed by atoms with E-state index >= 15 is 0 Å². The number of benzene rings is 1. The summed E-state index contributed by atoms with van der Waals surface area (Å²) in [6, 6.07) is 10.1. The third-order valence-electron chi connectivity index (χ3n) is 5.94. The van der Waals surface area contributed by atoms with E-state index in [0.29, 0.717) is 25.9 Å². The minimum atomic E-state index is -3.21. The Morgan fingerprint density at radius 2 is 1.90 bits per heavy atom.